The van der Waals surface area contributed by atoms with Crippen molar-refractivity contribution in [3.05, 3.63) is 51.5 Å². The smallest absolute Gasteiger partial charge is 0.243 e. The van der Waals surface area contributed by atoms with Crippen molar-refractivity contribution in [1.29, 1.82) is 0 Å². The van der Waals surface area contributed by atoms with E-state index in [4.69, 9.17) is 39.5 Å². The van der Waals surface area contributed by atoms with Gasteiger partial charge in [0.2, 0.25) is 15.9 Å². The van der Waals surface area contributed by atoms with E-state index in [9.17, 15) is 13.2 Å². The molecule has 1 N–H and O–H groups in total. The van der Waals surface area contributed by atoms with Crippen molar-refractivity contribution in [1.82, 2.24) is 4.31 Å². The van der Waals surface area contributed by atoms with Gasteiger partial charge in [0.05, 0.1) is 38.2 Å². The highest BCUT2D eigenvalue weighted by Gasteiger charge is 2.34. The van der Waals surface area contributed by atoms with Crippen LogP contribution in [0.2, 0.25) is 15.1 Å². The molecule has 0 radical (unpaired) electrons. The molecular formula is C20H21Cl3N2O4S. The number of piperidine rings is 1. The Bertz CT molecular complexity index is 1050. The highest BCUT2D eigenvalue weighted by Crippen LogP contribution is 2.32. The van der Waals surface area contributed by atoms with Gasteiger partial charge < -0.3 is 10.1 Å². The minimum Gasteiger partial charge on any atom is -0.492 e. The van der Waals surface area contributed by atoms with E-state index in [1.165, 1.54) is 22.5 Å². The van der Waals surface area contributed by atoms with Crippen molar-refractivity contribution in [2.75, 3.05) is 25.0 Å². The molecule has 1 atom stereocenters. The third kappa shape index (κ3) is 5.03. The van der Waals surface area contributed by atoms with Gasteiger partial charge in [-0.2, -0.15) is 4.31 Å². The highest BCUT2D eigenvalue weighted by atomic mass is 35.5. The van der Waals surface area contributed by atoms with Crippen LogP contribution in [-0.4, -0.2) is 38.3 Å². The second kappa shape index (κ2) is 9.75. The van der Waals surface area contributed by atoms with E-state index in [0.717, 1.165) is 0 Å². The molecule has 1 heterocycles. The number of anilines is 1. The molecule has 1 aliphatic rings. The van der Waals surface area contributed by atoms with Gasteiger partial charge in [-0.25, -0.2) is 8.42 Å². The lowest BCUT2D eigenvalue weighted by molar-refractivity contribution is -0.120. The number of nitrogens with one attached hydrogen (secondary N) is 1. The molecular weight excluding hydrogens is 471 g/mol. The molecule has 0 bridgehead atoms. The Balaban J connectivity index is 1.75. The number of halogens is 3. The van der Waals surface area contributed by atoms with Crippen molar-refractivity contribution in [3.63, 3.8) is 0 Å². The summed E-state index contributed by atoms with van der Waals surface area (Å²) in [5.41, 5.74) is 0.396. The molecule has 0 spiro atoms. The van der Waals surface area contributed by atoms with Gasteiger partial charge in [-0.3, -0.25) is 4.79 Å². The predicted molar refractivity (Wildman–Crippen MR) is 119 cm³/mol. The molecule has 1 aliphatic heterocycles. The molecule has 1 amide bonds. The number of nitrogens with zero attached hydrogens (tertiary/aromatic N) is 1. The van der Waals surface area contributed by atoms with E-state index in [-0.39, 0.29) is 27.4 Å². The van der Waals surface area contributed by atoms with Crippen molar-refractivity contribution in [3.8, 4) is 5.75 Å². The van der Waals surface area contributed by atoms with Crippen LogP contribution in [0.3, 0.4) is 0 Å². The molecule has 0 aromatic heterocycles. The Morgan fingerprint density at radius 1 is 1.20 bits per heavy atom. The summed E-state index contributed by atoms with van der Waals surface area (Å²) in [6, 6.07) is 9.31. The van der Waals surface area contributed by atoms with Crippen LogP contribution in [0, 0.1) is 5.92 Å². The lowest BCUT2D eigenvalue weighted by Crippen LogP contribution is -2.43. The third-order valence-electron chi connectivity index (χ3n) is 4.81. The number of hydrogen-bond donors (Lipinski definition) is 1. The molecule has 30 heavy (non-hydrogen) atoms. The summed E-state index contributed by atoms with van der Waals surface area (Å²) in [4.78, 5) is 12.8. The van der Waals surface area contributed by atoms with Crippen LogP contribution in [0.25, 0.3) is 0 Å². The maximum absolute atomic E-state index is 13.1. The Hall–Kier alpha value is -1.51. The largest absolute Gasteiger partial charge is 0.492 e. The second-order valence-corrected chi connectivity index (χ2v) is 9.95. The van der Waals surface area contributed by atoms with E-state index in [2.05, 4.69) is 5.32 Å². The van der Waals surface area contributed by atoms with Gasteiger partial charge in [0.25, 0.3) is 0 Å². The monoisotopic (exact) mass is 490 g/mol. The molecule has 6 nitrogen and oxygen atoms in total. The van der Waals surface area contributed by atoms with Gasteiger partial charge in [0.15, 0.2) is 0 Å². The van der Waals surface area contributed by atoms with Crippen LogP contribution < -0.4 is 10.1 Å². The van der Waals surface area contributed by atoms with Gasteiger partial charge in [-0.05, 0) is 50.1 Å². The molecule has 162 valence electrons. The number of ether oxygens (including phenoxy) is 1. The van der Waals surface area contributed by atoms with E-state index in [0.29, 0.717) is 42.5 Å². The van der Waals surface area contributed by atoms with Gasteiger partial charge in [0.1, 0.15) is 5.75 Å². The topological polar surface area (TPSA) is 75.7 Å². The average Bonchev–Trinajstić information content (AvgIpc) is 2.73. The first-order valence-electron chi connectivity index (χ1n) is 9.41. The first-order valence-corrected chi connectivity index (χ1v) is 12.0. The first kappa shape index (κ1) is 23.2. The van der Waals surface area contributed by atoms with Crippen molar-refractivity contribution in [2.24, 2.45) is 5.92 Å². The predicted octanol–water partition coefficient (Wildman–Crippen LogP) is 5.08. The quantitative estimate of drug-likeness (QED) is 0.611. The Morgan fingerprint density at radius 2 is 1.97 bits per heavy atom. The third-order valence-corrected chi connectivity index (χ3v) is 7.78. The summed E-state index contributed by atoms with van der Waals surface area (Å²) in [6.07, 6.45) is 1.13. The molecule has 1 fully saturated rings. The maximum atomic E-state index is 13.1. The van der Waals surface area contributed by atoms with E-state index >= 15 is 0 Å². The summed E-state index contributed by atoms with van der Waals surface area (Å²) in [5.74, 6) is -0.391. The lowest BCUT2D eigenvalue weighted by Gasteiger charge is -2.31. The highest BCUT2D eigenvalue weighted by molar-refractivity contribution is 7.89. The zero-order chi connectivity index (χ0) is 21.9. The van der Waals surface area contributed by atoms with E-state index < -0.39 is 15.9 Å². The van der Waals surface area contributed by atoms with E-state index in [1.54, 1.807) is 18.2 Å². The fourth-order valence-electron chi connectivity index (χ4n) is 3.27. The number of rotatable bonds is 6. The SMILES string of the molecule is CCOc1ccc(S(=O)(=O)N2CCC[C@H](C(=O)Nc3cccc(Cl)c3Cl)C2)cc1Cl. The summed E-state index contributed by atoms with van der Waals surface area (Å²) in [5, 5.41) is 3.55. The zero-order valence-electron chi connectivity index (χ0n) is 16.2. The number of carbonyl (C=O) groups excluding carboxylic acids is 1. The van der Waals surface area contributed by atoms with E-state index in [1.807, 2.05) is 6.92 Å². The van der Waals surface area contributed by atoms with Gasteiger partial charge in [-0.15, -0.1) is 0 Å². The summed E-state index contributed by atoms with van der Waals surface area (Å²) < 4.78 is 32.9. The number of amides is 1. The second-order valence-electron chi connectivity index (χ2n) is 6.82. The number of carbonyl (C=O) groups is 1. The molecule has 0 aliphatic carbocycles. The Kier molecular flexibility index (Phi) is 7.52. The standard InChI is InChI=1S/C20H21Cl3N2O4S/c1-2-29-18-9-8-14(11-16(18)22)30(27,28)25-10-4-5-13(12-25)20(26)24-17-7-3-6-15(21)19(17)23/h3,6-9,11,13H,2,4-5,10,12H2,1H3,(H,24,26)/t13-/m0/s1. The number of sulfonamides is 1. The van der Waals surface area contributed by atoms with Crippen molar-refractivity contribution < 1.29 is 17.9 Å². The average molecular weight is 492 g/mol. The summed E-state index contributed by atoms with van der Waals surface area (Å²) >= 11 is 18.3. The van der Waals surface area contributed by atoms with Crippen LogP contribution in [-0.2, 0) is 14.8 Å². The Labute approximate surface area is 191 Å². The van der Waals surface area contributed by atoms with Crippen LogP contribution in [0.4, 0.5) is 5.69 Å². The van der Waals surface area contributed by atoms with Gasteiger partial charge in [-0.1, -0.05) is 40.9 Å². The molecule has 0 unspecified atom stereocenters. The minimum absolute atomic E-state index is 0.0647. The zero-order valence-corrected chi connectivity index (χ0v) is 19.3. The fraction of sp³-hybridized carbons (Fsp3) is 0.350. The summed E-state index contributed by atoms with van der Waals surface area (Å²) in [6.45, 7) is 2.63. The number of benzene rings is 2. The fourth-order valence-corrected chi connectivity index (χ4v) is 5.47. The normalized spacial score (nSPS) is 17.5. The van der Waals surface area contributed by atoms with Crippen LogP contribution in [0.5, 0.6) is 5.75 Å². The molecule has 2 aromatic carbocycles. The molecule has 2 aromatic rings. The summed E-state index contributed by atoms with van der Waals surface area (Å²) in [7, 11) is -3.80. The van der Waals surface area contributed by atoms with Crippen molar-refractivity contribution in [2.45, 2.75) is 24.7 Å². The van der Waals surface area contributed by atoms with Crippen LogP contribution in [0.1, 0.15) is 19.8 Å². The lowest BCUT2D eigenvalue weighted by atomic mass is 9.99. The molecule has 0 saturated carbocycles. The van der Waals surface area contributed by atoms with Gasteiger partial charge >= 0.3 is 0 Å². The van der Waals surface area contributed by atoms with Crippen LogP contribution >= 0.6 is 34.8 Å². The first-order chi connectivity index (χ1) is 14.2. The number of hydrogen-bond acceptors (Lipinski definition) is 4. The van der Waals surface area contributed by atoms with Crippen molar-refractivity contribution >= 4 is 56.4 Å². The molecule has 3 rings (SSSR count). The Morgan fingerprint density at radius 3 is 2.67 bits per heavy atom. The molecule has 1 saturated heterocycles. The maximum Gasteiger partial charge on any atom is 0.243 e. The minimum atomic E-state index is -3.80. The molecule has 10 heteroatoms. The van der Waals surface area contributed by atoms with Crippen LogP contribution in [0.15, 0.2) is 41.3 Å². The van der Waals surface area contributed by atoms with Gasteiger partial charge in [0, 0.05) is 13.1 Å².